The van der Waals surface area contributed by atoms with Gasteiger partial charge in [0.2, 0.25) is 0 Å². The number of imidazole rings is 2. The van der Waals surface area contributed by atoms with Gasteiger partial charge in [-0.05, 0) is 104 Å². The molecule has 3 aromatic carbocycles. The number of hydrogen-bond acceptors (Lipinski definition) is 5. The van der Waals surface area contributed by atoms with E-state index in [9.17, 15) is 14.7 Å². The highest BCUT2D eigenvalue weighted by atomic mass is 16.6. The van der Waals surface area contributed by atoms with Crippen molar-refractivity contribution in [2.75, 3.05) is 0 Å². The van der Waals surface area contributed by atoms with Crippen LogP contribution in [0.25, 0.3) is 44.4 Å². The minimum atomic E-state index is -0.871. The third-order valence-electron chi connectivity index (χ3n) is 12.0. The Morgan fingerprint density at radius 3 is 2.04 bits per heavy atom. The molecule has 0 spiro atoms. The van der Waals surface area contributed by atoms with Gasteiger partial charge >= 0.3 is 12.2 Å². The Bertz CT molecular complexity index is 2240. The van der Waals surface area contributed by atoms with Crippen molar-refractivity contribution >= 4 is 23.0 Å². The number of rotatable bonds is 5. The normalized spacial score (nSPS) is 26.4. The summed E-state index contributed by atoms with van der Waals surface area (Å²) < 4.78 is 5.75. The van der Waals surface area contributed by atoms with E-state index in [1.165, 1.54) is 0 Å². The zero-order valence-electron chi connectivity index (χ0n) is 30.6. The van der Waals surface area contributed by atoms with Gasteiger partial charge in [-0.25, -0.2) is 19.6 Å². The number of amides is 2. The summed E-state index contributed by atoms with van der Waals surface area (Å²) in [7, 11) is 0. The van der Waals surface area contributed by atoms with E-state index < -0.39 is 11.7 Å². The van der Waals surface area contributed by atoms with Gasteiger partial charge in [-0.3, -0.25) is 9.80 Å². The first-order valence-electron chi connectivity index (χ1n) is 18.5. The summed E-state index contributed by atoms with van der Waals surface area (Å²) in [4.78, 5) is 45.7. The molecule has 0 bridgehead atoms. The molecule has 10 nitrogen and oxygen atoms in total. The van der Waals surface area contributed by atoms with Crippen LogP contribution in [-0.2, 0) is 4.74 Å². The number of carboxylic acid groups (broad SMARTS) is 1. The van der Waals surface area contributed by atoms with E-state index in [-0.39, 0.29) is 35.2 Å². The Labute approximate surface area is 303 Å². The van der Waals surface area contributed by atoms with Gasteiger partial charge in [-0.15, -0.1) is 0 Å². The molecule has 0 radical (unpaired) electrons. The van der Waals surface area contributed by atoms with Crippen molar-refractivity contribution < 1.29 is 19.4 Å². The van der Waals surface area contributed by atoms with Gasteiger partial charge in [0, 0.05) is 17.2 Å². The maximum absolute atomic E-state index is 13.1. The van der Waals surface area contributed by atoms with E-state index in [0.717, 1.165) is 75.9 Å². The van der Waals surface area contributed by atoms with Crippen LogP contribution in [0.1, 0.15) is 91.0 Å². The minimum absolute atomic E-state index is 0.104. The van der Waals surface area contributed by atoms with E-state index in [2.05, 4.69) is 91.4 Å². The second-order valence-corrected chi connectivity index (χ2v) is 17.4. The fourth-order valence-electron chi connectivity index (χ4n) is 9.40. The molecular formula is C42H46N6O4. The Balaban J connectivity index is 0.933. The zero-order chi connectivity index (χ0) is 36.3. The zero-order valence-corrected chi connectivity index (χ0v) is 30.6. The maximum atomic E-state index is 13.1. The van der Waals surface area contributed by atoms with Crippen LogP contribution in [0, 0.1) is 17.3 Å². The molecule has 5 aromatic rings. The molecule has 2 saturated carbocycles. The molecule has 3 N–H and O–H groups in total. The van der Waals surface area contributed by atoms with Crippen molar-refractivity contribution in [3.63, 3.8) is 0 Å². The fourth-order valence-corrected chi connectivity index (χ4v) is 9.40. The molecule has 10 heteroatoms. The van der Waals surface area contributed by atoms with Gasteiger partial charge in [0.1, 0.15) is 17.2 Å². The van der Waals surface area contributed by atoms with Crippen molar-refractivity contribution in [3.8, 4) is 33.6 Å². The lowest BCUT2D eigenvalue weighted by Crippen LogP contribution is -2.48. The summed E-state index contributed by atoms with van der Waals surface area (Å²) in [5, 5.41) is 12.5. The van der Waals surface area contributed by atoms with Gasteiger partial charge in [0.25, 0.3) is 0 Å². The van der Waals surface area contributed by atoms with Crippen LogP contribution in [0.2, 0.25) is 0 Å². The van der Waals surface area contributed by atoms with Crippen LogP contribution in [-0.4, -0.2) is 64.2 Å². The van der Waals surface area contributed by atoms with Gasteiger partial charge in [-0.1, -0.05) is 63.2 Å². The maximum Gasteiger partial charge on any atom is 0.411 e. The summed E-state index contributed by atoms with van der Waals surface area (Å²) in [5.74, 6) is 2.41. The Kier molecular flexibility index (Phi) is 7.05. The molecule has 2 amide bonds. The van der Waals surface area contributed by atoms with E-state index in [1.807, 2.05) is 38.1 Å². The summed E-state index contributed by atoms with van der Waals surface area (Å²) in [6, 6.07) is 21.2. The standard InChI is InChI=1S/C42H46N6O4/c1-40(2,3)42-20-30(42)19-35(48(42)38(49)50)37-44-21-31(46-37)27-9-7-8-23(15-27)24-10-11-26-16-28(13-12-25(26)14-24)32-22-43-36(45-32)34-18-29-17-33(29)47(34)39(51)52-41(4,5)6/h7-16,21-22,29-30,33-35H,17-20H2,1-6H3,(H,43,45)(H,44,46)(H,49,50)/t29-,30+,33-,34+,35-,42+/m0/s1. The first-order valence-corrected chi connectivity index (χ1v) is 18.5. The number of H-pyrrole nitrogens is 2. The highest BCUT2D eigenvalue weighted by Gasteiger charge is 2.72. The monoisotopic (exact) mass is 698 g/mol. The van der Waals surface area contributed by atoms with Crippen molar-refractivity contribution in [2.45, 2.75) is 96.5 Å². The second kappa shape index (κ2) is 11.2. The number of fused-ring (bicyclic) bond motifs is 3. The number of aromatic amines is 2. The first kappa shape index (κ1) is 32.8. The quantitative estimate of drug-likeness (QED) is 0.168. The van der Waals surface area contributed by atoms with Crippen LogP contribution >= 0.6 is 0 Å². The summed E-state index contributed by atoms with van der Waals surface area (Å²) in [5.41, 5.74) is 5.03. The van der Waals surface area contributed by atoms with E-state index >= 15 is 0 Å². The predicted molar refractivity (Wildman–Crippen MR) is 199 cm³/mol. The summed E-state index contributed by atoms with van der Waals surface area (Å²) >= 11 is 0. The molecule has 9 rings (SSSR count). The molecule has 4 aliphatic rings. The number of likely N-dealkylation sites (tertiary alicyclic amines) is 2. The van der Waals surface area contributed by atoms with Crippen molar-refractivity contribution in [3.05, 3.63) is 84.7 Å². The van der Waals surface area contributed by atoms with Crippen molar-refractivity contribution in [1.82, 2.24) is 29.7 Å². The van der Waals surface area contributed by atoms with Crippen molar-refractivity contribution in [1.29, 1.82) is 0 Å². The average molecular weight is 699 g/mol. The molecule has 0 unspecified atom stereocenters. The molecule has 52 heavy (non-hydrogen) atoms. The smallest absolute Gasteiger partial charge is 0.411 e. The van der Waals surface area contributed by atoms with Gasteiger partial charge in [0.15, 0.2) is 0 Å². The number of aromatic nitrogens is 4. The lowest BCUT2D eigenvalue weighted by Gasteiger charge is -2.39. The Morgan fingerprint density at radius 1 is 0.788 bits per heavy atom. The number of carbonyl (C=O) groups excluding carboxylic acids is 1. The Morgan fingerprint density at radius 2 is 1.38 bits per heavy atom. The second-order valence-electron chi connectivity index (χ2n) is 17.4. The van der Waals surface area contributed by atoms with E-state index in [0.29, 0.717) is 17.7 Å². The molecular weight excluding hydrogens is 652 g/mol. The van der Waals surface area contributed by atoms with Crippen LogP contribution in [0.5, 0.6) is 0 Å². The van der Waals surface area contributed by atoms with Crippen LogP contribution in [0.15, 0.2) is 73.1 Å². The summed E-state index contributed by atoms with van der Waals surface area (Å²) in [6.07, 6.45) is 6.22. The number of benzene rings is 3. The number of carbonyl (C=O) groups is 2. The fraction of sp³-hybridized carbons (Fsp3) is 0.429. The third-order valence-corrected chi connectivity index (χ3v) is 12.0. The minimum Gasteiger partial charge on any atom is -0.465 e. The molecule has 2 aromatic heterocycles. The van der Waals surface area contributed by atoms with Crippen LogP contribution in [0.4, 0.5) is 9.59 Å². The molecule has 4 fully saturated rings. The average Bonchev–Trinajstić information content (AvgIpc) is 3.66. The number of nitrogens with zero attached hydrogens (tertiary/aromatic N) is 4. The number of nitrogens with one attached hydrogen (secondary N) is 2. The molecule has 2 aliphatic heterocycles. The van der Waals surface area contributed by atoms with Crippen molar-refractivity contribution in [2.24, 2.45) is 17.3 Å². The van der Waals surface area contributed by atoms with Crippen LogP contribution < -0.4 is 0 Å². The lowest BCUT2D eigenvalue weighted by molar-refractivity contribution is 0.0175. The molecule has 2 saturated heterocycles. The molecule has 6 atom stereocenters. The molecule has 4 heterocycles. The molecule has 2 aliphatic carbocycles. The SMILES string of the molecule is CC(C)(C)OC(=O)N1[C@@H](c2ncc(-c3ccc4cc(-c5cccc(-c6cnc([C@@H]7C[C@@H]8C[C@@]8(C(C)(C)C)N7C(=O)O)[nH]6)c5)ccc4c3)[nH]2)C[C@@H]2C[C@@H]21. The van der Waals surface area contributed by atoms with E-state index in [4.69, 9.17) is 14.7 Å². The lowest BCUT2D eigenvalue weighted by atomic mass is 9.82. The largest absolute Gasteiger partial charge is 0.465 e. The highest BCUT2D eigenvalue weighted by molar-refractivity contribution is 5.91. The Hall–Kier alpha value is -5.12. The number of ether oxygens (including phenoxy) is 1. The van der Waals surface area contributed by atoms with Gasteiger partial charge in [-0.2, -0.15) is 0 Å². The summed E-state index contributed by atoms with van der Waals surface area (Å²) in [6.45, 7) is 12.1. The van der Waals surface area contributed by atoms with Gasteiger partial charge < -0.3 is 19.8 Å². The van der Waals surface area contributed by atoms with E-state index in [1.54, 1.807) is 4.90 Å². The number of hydrogen-bond donors (Lipinski definition) is 3. The first-order chi connectivity index (χ1) is 24.7. The van der Waals surface area contributed by atoms with Crippen LogP contribution in [0.3, 0.4) is 0 Å². The topological polar surface area (TPSA) is 127 Å². The highest BCUT2D eigenvalue weighted by Crippen LogP contribution is 2.68. The van der Waals surface area contributed by atoms with Gasteiger partial charge in [0.05, 0.1) is 41.4 Å². The predicted octanol–water partition coefficient (Wildman–Crippen LogP) is 9.59. The number of piperidine rings is 2. The third kappa shape index (κ3) is 5.28. The molecule has 268 valence electrons.